The average molecular weight is 620 g/mol. The molecule has 1 aliphatic carbocycles. The second-order valence-electron chi connectivity index (χ2n) is 13.2. The van der Waals surface area contributed by atoms with E-state index in [4.69, 9.17) is 25.4 Å². The number of rotatable bonds is 7. The Morgan fingerprint density at radius 2 is 1.89 bits per heavy atom. The highest BCUT2D eigenvalue weighted by Gasteiger charge is 2.49. The summed E-state index contributed by atoms with van der Waals surface area (Å²) in [6.07, 6.45) is 7.80. The van der Waals surface area contributed by atoms with E-state index in [2.05, 4.69) is 25.4 Å². The Morgan fingerprint density at radius 1 is 1.05 bits per heavy atom. The van der Waals surface area contributed by atoms with E-state index in [0.29, 0.717) is 64.1 Å². The zero-order valence-corrected chi connectivity index (χ0v) is 25.2. The first-order valence-electron chi connectivity index (χ1n) is 15.8. The number of nitrogens with zero attached hydrogens (tertiary/aromatic N) is 6. The molecule has 4 aromatic rings. The van der Waals surface area contributed by atoms with Gasteiger partial charge in [0.2, 0.25) is 0 Å². The van der Waals surface area contributed by atoms with Crippen molar-refractivity contribution in [1.29, 1.82) is 0 Å². The first-order chi connectivity index (χ1) is 21.4. The molecule has 1 aromatic carbocycles. The fraction of sp³-hybridized carbons (Fsp3) is 0.548. The van der Waals surface area contributed by atoms with E-state index in [9.17, 15) is 8.78 Å². The van der Waals surface area contributed by atoms with Gasteiger partial charge >= 0.3 is 6.01 Å². The molecule has 0 spiro atoms. The number of nitrogen functional groups attached to an aromatic ring is 1. The lowest BCUT2D eigenvalue weighted by molar-refractivity contribution is 0.107. The van der Waals surface area contributed by atoms with Crippen molar-refractivity contribution in [2.75, 3.05) is 48.7 Å². The van der Waals surface area contributed by atoms with Crippen molar-refractivity contribution < 1.29 is 13.5 Å². The predicted molar refractivity (Wildman–Crippen MR) is 168 cm³/mol. The molecule has 0 radical (unpaired) electrons. The lowest BCUT2D eigenvalue weighted by Gasteiger charge is -2.34. The normalized spacial score (nSPS) is 28.3. The number of thiazole rings is 1. The zero-order valence-electron chi connectivity index (χ0n) is 24.4. The predicted octanol–water partition coefficient (Wildman–Crippen LogP) is 4.49. The molecule has 13 heteroatoms. The van der Waals surface area contributed by atoms with Crippen molar-refractivity contribution >= 4 is 49.2 Å². The number of halogens is 2. The number of hydrogen-bond acceptors (Lipinski definition) is 11. The molecule has 5 fully saturated rings. The number of fused-ring (bicyclic) bond motifs is 5. The summed E-state index contributed by atoms with van der Waals surface area (Å²) in [6, 6.07) is 4.59. The molecule has 1 saturated carbocycles. The third kappa shape index (κ3) is 4.46. The minimum atomic E-state index is -0.836. The molecule has 230 valence electrons. The number of ether oxygens (including phenoxy) is 1. The molecule has 9 rings (SSSR count). The second kappa shape index (κ2) is 10.0. The Morgan fingerprint density at radius 3 is 2.70 bits per heavy atom. The minimum absolute atomic E-state index is 0.280. The molecule has 2 unspecified atom stereocenters. The van der Waals surface area contributed by atoms with Gasteiger partial charge in [0.15, 0.2) is 10.9 Å². The SMILES string of the molecule is Nc1nc2c(-c3cnc4c(N5CC6CCC(C5)N6)nc(OC[C@@]56CCCN5C[C@H](F)C6)nc4c3NC3CC3)ccc(F)c2s1. The number of aromatic nitrogens is 4. The van der Waals surface area contributed by atoms with Gasteiger partial charge in [-0.25, -0.2) is 18.7 Å². The summed E-state index contributed by atoms with van der Waals surface area (Å²) in [5.74, 6) is 0.409. The number of nitrogens with one attached hydrogen (secondary N) is 2. The fourth-order valence-electron chi connectivity index (χ4n) is 7.93. The van der Waals surface area contributed by atoms with E-state index < -0.39 is 6.17 Å². The van der Waals surface area contributed by atoms with Crippen LogP contribution in [0.3, 0.4) is 0 Å². The van der Waals surface area contributed by atoms with E-state index in [0.717, 1.165) is 92.1 Å². The van der Waals surface area contributed by atoms with Crippen LogP contribution in [0.15, 0.2) is 18.3 Å². The van der Waals surface area contributed by atoms with Crippen molar-refractivity contribution in [3.05, 3.63) is 24.1 Å². The summed E-state index contributed by atoms with van der Waals surface area (Å²) in [4.78, 5) is 24.1. The summed E-state index contributed by atoms with van der Waals surface area (Å²) < 4.78 is 36.2. The minimum Gasteiger partial charge on any atom is -0.461 e. The molecular weight excluding hydrogens is 584 g/mol. The third-order valence-electron chi connectivity index (χ3n) is 10.1. The maximum absolute atomic E-state index is 14.8. The highest BCUT2D eigenvalue weighted by Crippen LogP contribution is 2.44. The third-order valence-corrected chi connectivity index (χ3v) is 11.0. The summed E-state index contributed by atoms with van der Waals surface area (Å²) in [5, 5.41) is 7.73. The van der Waals surface area contributed by atoms with Crippen molar-refractivity contribution in [2.45, 2.75) is 74.8 Å². The zero-order chi connectivity index (χ0) is 29.6. The number of piperazine rings is 1. The Labute approximate surface area is 257 Å². The maximum atomic E-state index is 14.8. The molecule has 0 amide bonds. The van der Waals surface area contributed by atoms with E-state index in [1.165, 1.54) is 6.07 Å². The van der Waals surface area contributed by atoms with Gasteiger partial charge in [0, 0.05) is 61.5 Å². The summed E-state index contributed by atoms with van der Waals surface area (Å²) in [6.45, 7) is 3.36. The molecule has 10 nitrogen and oxygen atoms in total. The van der Waals surface area contributed by atoms with E-state index in [1.54, 1.807) is 6.07 Å². The molecule has 5 aliphatic rings. The monoisotopic (exact) mass is 619 g/mol. The van der Waals surface area contributed by atoms with Gasteiger partial charge in [-0.3, -0.25) is 4.90 Å². The number of nitrogens with two attached hydrogens (primary N) is 1. The van der Waals surface area contributed by atoms with Crippen molar-refractivity contribution in [1.82, 2.24) is 30.2 Å². The van der Waals surface area contributed by atoms with Crippen LogP contribution in [0, 0.1) is 5.82 Å². The van der Waals surface area contributed by atoms with Crippen LogP contribution in [0.5, 0.6) is 6.01 Å². The molecule has 4 saturated heterocycles. The summed E-state index contributed by atoms with van der Waals surface area (Å²) in [7, 11) is 0. The van der Waals surface area contributed by atoms with Crippen LogP contribution >= 0.6 is 11.3 Å². The van der Waals surface area contributed by atoms with Crippen molar-refractivity contribution in [3.63, 3.8) is 0 Å². The van der Waals surface area contributed by atoms with Gasteiger partial charge in [-0.05, 0) is 57.2 Å². The van der Waals surface area contributed by atoms with Crippen LogP contribution in [0.2, 0.25) is 0 Å². The Hall–Kier alpha value is -3.42. The number of benzene rings is 1. The fourth-order valence-corrected chi connectivity index (χ4v) is 8.70. The van der Waals surface area contributed by atoms with E-state index in [-0.39, 0.29) is 17.4 Å². The molecule has 4 atom stereocenters. The Bertz CT molecular complexity index is 1770. The van der Waals surface area contributed by atoms with Gasteiger partial charge in [-0.15, -0.1) is 0 Å². The van der Waals surface area contributed by atoms with Gasteiger partial charge < -0.3 is 26.0 Å². The largest absolute Gasteiger partial charge is 0.461 e. The molecule has 7 heterocycles. The standard InChI is InChI=1S/C31H35F2N9OS/c32-16-10-31(8-1-9-42(31)12-16)15-43-30-39-25-23(37-17-2-3-17)21(20-6-7-22(33)27-24(20)38-29(34)44-27)11-35-26(25)28(40-30)41-13-18-4-5-19(14-41)36-18/h6-7,11,16-19,36H,1-5,8-10,12-15H2,(H2,34,38)(H,35,37)/t16-,18?,19?,31+/m1/s1. The second-order valence-corrected chi connectivity index (χ2v) is 14.3. The lowest BCUT2D eigenvalue weighted by atomic mass is 9.95. The first kappa shape index (κ1) is 26.9. The number of anilines is 3. The maximum Gasteiger partial charge on any atom is 0.319 e. The molecule has 3 aromatic heterocycles. The van der Waals surface area contributed by atoms with Gasteiger partial charge in [-0.2, -0.15) is 9.97 Å². The number of hydrogen-bond donors (Lipinski definition) is 3. The van der Waals surface area contributed by atoms with Crippen LogP contribution in [0.1, 0.15) is 44.9 Å². The quantitative estimate of drug-likeness (QED) is 0.273. The van der Waals surface area contributed by atoms with Crippen molar-refractivity contribution in [3.8, 4) is 17.1 Å². The van der Waals surface area contributed by atoms with Gasteiger partial charge in [0.25, 0.3) is 0 Å². The van der Waals surface area contributed by atoms with Crippen LogP contribution < -0.4 is 26.0 Å². The van der Waals surface area contributed by atoms with Crippen LogP contribution in [0.25, 0.3) is 32.4 Å². The van der Waals surface area contributed by atoms with Crippen LogP contribution in [0.4, 0.5) is 25.4 Å². The molecule has 4 aliphatic heterocycles. The highest BCUT2D eigenvalue weighted by molar-refractivity contribution is 7.22. The highest BCUT2D eigenvalue weighted by atomic mass is 32.1. The number of pyridine rings is 1. The van der Waals surface area contributed by atoms with Crippen molar-refractivity contribution in [2.24, 2.45) is 0 Å². The van der Waals surface area contributed by atoms with Crippen LogP contribution in [-0.2, 0) is 0 Å². The van der Waals surface area contributed by atoms with Gasteiger partial charge in [-0.1, -0.05) is 11.3 Å². The molecule has 4 N–H and O–H groups in total. The molecule has 44 heavy (non-hydrogen) atoms. The van der Waals surface area contributed by atoms with Gasteiger partial charge in [0.05, 0.1) is 21.4 Å². The Balaban J connectivity index is 1.20. The Kier molecular flexibility index (Phi) is 6.15. The van der Waals surface area contributed by atoms with E-state index in [1.807, 2.05) is 6.20 Å². The number of alkyl halides is 1. The first-order valence-corrected chi connectivity index (χ1v) is 16.6. The summed E-state index contributed by atoms with van der Waals surface area (Å²) in [5.41, 5.74) is 9.95. The summed E-state index contributed by atoms with van der Waals surface area (Å²) >= 11 is 1.14. The molecular formula is C31H35F2N9OS. The van der Waals surface area contributed by atoms with Crippen LogP contribution in [-0.4, -0.2) is 87.5 Å². The van der Waals surface area contributed by atoms with E-state index >= 15 is 0 Å². The topological polar surface area (TPSA) is 117 Å². The van der Waals surface area contributed by atoms with Gasteiger partial charge in [0.1, 0.15) is 29.6 Å². The lowest BCUT2D eigenvalue weighted by Crippen LogP contribution is -2.51. The smallest absolute Gasteiger partial charge is 0.319 e. The average Bonchev–Trinajstić information content (AvgIpc) is 3.28. The molecule has 2 bridgehead atoms.